The topological polar surface area (TPSA) is 35.9 Å². The maximum atomic E-state index is 12.0. The van der Waals surface area contributed by atoms with E-state index in [0.29, 0.717) is 0 Å². The maximum Gasteiger partial charge on any atom is 0.225 e. The molecule has 0 saturated carbocycles. The van der Waals surface area contributed by atoms with Crippen molar-refractivity contribution in [2.24, 2.45) is 10.9 Å². The van der Waals surface area contributed by atoms with E-state index in [1.165, 1.54) is 0 Å². The van der Waals surface area contributed by atoms with Gasteiger partial charge in [0.05, 0.1) is 5.71 Å². The number of amides is 1. The molecule has 1 amide bonds. The molecule has 4 nitrogen and oxygen atoms in total. The highest BCUT2D eigenvalue weighted by Gasteiger charge is 2.23. The van der Waals surface area contributed by atoms with E-state index in [0.717, 1.165) is 43.3 Å². The van der Waals surface area contributed by atoms with Crippen LogP contribution in [0.1, 0.15) is 13.8 Å². The van der Waals surface area contributed by atoms with E-state index < -0.39 is 0 Å². The summed E-state index contributed by atoms with van der Waals surface area (Å²) in [6.07, 6.45) is 7.76. The number of piperazine rings is 1. The number of hydrogen-bond acceptors (Lipinski definition) is 3. The number of allylic oxidation sites excluding steroid dienone is 5. The molecule has 1 saturated heterocycles. The van der Waals surface area contributed by atoms with Crippen LogP contribution in [0, 0.1) is 5.92 Å². The van der Waals surface area contributed by atoms with Gasteiger partial charge in [-0.3, -0.25) is 4.79 Å². The molecule has 0 N–H and O–H groups in total. The Balaban J connectivity index is 1.93. The summed E-state index contributed by atoms with van der Waals surface area (Å²) in [5.41, 5.74) is 1.75. The van der Waals surface area contributed by atoms with Crippen molar-refractivity contribution in [3.05, 3.63) is 48.9 Å². The molecular formula is C17H23N3O. The van der Waals surface area contributed by atoms with Crippen LogP contribution in [0.15, 0.2) is 53.8 Å². The molecule has 2 aliphatic rings. The molecule has 2 rings (SSSR count). The minimum Gasteiger partial charge on any atom is -0.354 e. The first-order valence-electron chi connectivity index (χ1n) is 7.34. The van der Waals surface area contributed by atoms with E-state index in [-0.39, 0.29) is 11.8 Å². The van der Waals surface area contributed by atoms with Gasteiger partial charge in [0, 0.05) is 32.1 Å². The van der Waals surface area contributed by atoms with Gasteiger partial charge >= 0.3 is 0 Å². The van der Waals surface area contributed by atoms with Crippen molar-refractivity contribution < 1.29 is 4.79 Å². The highest BCUT2D eigenvalue weighted by atomic mass is 16.2. The second-order valence-electron chi connectivity index (χ2n) is 5.62. The molecule has 0 atom stereocenters. The second kappa shape index (κ2) is 6.57. The summed E-state index contributed by atoms with van der Waals surface area (Å²) in [6.45, 7) is 14.9. The van der Waals surface area contributed by atoms with E-state index in [4.69, 9.17) is 0 Å². The summed E-state index contributed by atoms with van der Waals surface area (Å²) in [6, 6.07) is 0. The maximum absolute atomic E-state index is 12.0. The monoisotopic (exact) mass is 285 g/mol. The van der Waals surface area contributed by atoms with Crippen LogP contribution < -0.4 is 0 Å². The quantitative estimate of drug-likeness (QED) is 0.798. The third kappa shape index (κ3) is 3.72. The van der Waals surface area contributed by atoms with Crippen LogP contribution in [-0.2, 0) is 4.79 Å². The molecule has 0 bridgehead atoms. The lowest BCUT2D eigenvalue weighted by molar-refractivity contribution is -0.135. The fourth-order valence-electron chi connectivity index (χ4n) is 2.38. The largest absolute Gasteiger partial charge is 0.354 e. The van der Waals surface area contributed by atoms with Crippen LogP contribution in [0.2, 0.25) is 0 Å². The Bertz CT molecular complexity index is 532. The Labute approximate surface area is 126 Å². The Morgan fingerprint density at radius 2 is 1.71 bits per heavy atom. The first kappa shape index (κ1) is 15.3. The van der Waals surface area contributed by atoms with Crippen LogP contribution in [0.4, 0.5) is 0 Å². The molecule has 0 radical (unpaired) electrons. The van der Waals surface area contributed by atoms with Gasteiger partial charge in [-0.15, -0.1) is 0 Å². The van der Waals surface area contributed by atoms with Crippen molar-refractivity contribution in [2.75, 3.05) is 26.2 Å². The summed E-state index contributed by atoms with van der Waals surface area (Å²) >= 11 is 0. The number of nitrogens with zero attached hydrogens (tertiary/aromatic N) is 3. The van der Waals surface area contributed by atoms with Crippen LogP contribution in [0.25, 0.3) is 0 Å². The summed E-state index contributed by atoms with van der Waals surface area (Å²) < 4.78 is 0. The normalized spacial score (nSPS) is 20.5. The van der Waals surface area contributed by atoms with E-state index in [9.17, 15) is 4.79 Å². The predicted octanol–water partition coefficient (Wildman–Crippen LogP) is 2.38. The first-order chi connectivity index (χ1) is 9.99. The van der Waals surface area contributed by atoms with Crippen LogP contribution >= 0.6 is 0 Å². The average molecular weight is 285 g/mol. The molecule has 1 heterocycles. The van der Waals surface area contributed by atoms with E-state index in [2.05, 4.69) is 23.1 Å². The predicted molar refractivity (Wildman–Crippen MR) is 87.0 cm³/mol. The van der Waals surface area contributed by atoms with Gasteiger partial charge < -0.3 is 9.80 Å². The molecule has 0 aromatic heterocycles. The number of rotatable bonds is 3. The third-order valence-corrected chi connectivity index (χ3v) is 3.69. The van der Waals surface area contributed by atoms with Crippen LogP contribution in [0.5, 0.6) is 0 Å². The third-order valence-electron chi connectivity index (χ3n) is 3.69. The molecule has 0 unspecified atom stereocenters. The molecule has 1 aliphatic heterocycles. The summed E-state index contributed by atoms with van der Waals surface area (Å²) in [5.74, 6) is 1.02. The van der Waals surface area contributed by atoms with Gasteiger partial charge in [0.1, 0.15) is 5.82 Å². The molecule has 1 fully saturated rings. The number of hydrogen-bond donors (Lipinski definition) is 0. The van der Waals surface area contributed by atoms with Gasteiger partial charge in [0.25, 0.3) is 0 Å². The molecule has 1 aliphatic carbocycles. The van der Waals surface area contributed by atoms with Crippen molar-refractivity contribution in [2.45, 2.75) is 13.8 Å². The molecule has 0 aromatic carbocycles. The summed E-state index contributed by atoms with van der Waals surface area (Å²) in [5, 5.41) is 0. The lowest BCUT2D eigenvalue weighted by atomic mass is 10.1. The summed E-state index contributed by atoms with van der Waals surface area (Å²) in [7, 11) is 0. The van der Waals surface area contributed by atoms with Crippen molar-refractivity contribution in [3.63, 3.8) is 0 Å². The zero-order chi connectivity index (χ0) is 15.4. The van der Waals surface area contributed by atoms with E-state index >= 15 is 0 Å². The molecule has 112 valence electrons. The van der Waals surface area contributed by atoms with Gasteiger partial charge in [-0.05, 0) is 11.6 Å². The van der Waals surface area contributed by atoms with Crippen molar-refractivity contribution in [3.8, 4) is 0 Å². The highest BCUT2D eigenvalue weighted by Crippen LogP contribution is 2.14. The molecule has 0 spiro atoms. The smallest absolute Gasteiger partial charge is 0.225 e. The number of carbonyl (C=O) groups excluding carboxylic acids is 1. The second-order valence-corrected chi connectivity index (χ2v) is 5.62. The Kier molecular flexibility index (Phi) is 4.78. The van der Waals surface area contributed by atoms with E-state index in [1.54, 1.807) is 0 Å². The lowest BCUT2D eigenvalue weighted by Crippen LogP contribution is -2.49. The minimum atomic E-state index is 0.0579. The van der Waals surface area contributed by atoms with Crippen molar-refractivity contribution in [1.29, 1.82) is 0 Å². The lowest BCUT2D eigenvalue weighted by Gasteiger charge is -2.36. The van der Waals surface area contributed by atoms with Gasteiger partial charge in [-0.25, -0.2) is 4.99 Å². The number of aliphatic imine (C=N–C) groups is 1. The first-order valence-corrected chi connectivity index (χ1v) is 7.34. The zero-order valence-corrected chi connectivity index (χ0v) is 12.9. The fourth-order valence-corrected chi connectivity index (χ4v) is 2.38. The Morgan fingerprint density at radius 3 is 2.29 bits per heavy atom. The molecule has 21 heavy (non-hydrogen) atoms. The van der Waals surface area contributed by atoms with Gasteiger partial charge in [-0.2, -0.15) is 0 Å². The Hall–Kier alpha value is -2.10. The minimum absolute atomic E-state index is 0.0579. The standard InChI is InChI=1S/C17H23N3O/c1-13(2)17(21)20-11-9-19(10-12-20)15(4)18-16-8-6-5-7-14(16)3/h5-8,13H,3-4,9-12H2,1-2H3/b18-16-. The molecular weight excluding hydrogens is 262 g/mol. The van der Waals surface area contributed by atoms with Gasteiger partial charge in [0.2, 0.25) is 5.91 Å². The van der Waals surface area contributed by atoms with Gasteiger partial charge in [-0.1, -0.05) is 45.2 Å². The van der Waals surface area contributed by atoms with E-state index in [1.807, 2.05) is 43.1 Å². The van der Waals surface area contributed by atoms with Crippen LogP contribution in [-0.4, -0.2) is 47.6 Å². The Morgan fingerprint density at radius 1 is 1.14 bits per heavy atom. The fraction of sp³-hybridized carbons (Fsp3) is 0.412. The van der Waals surface area contributed by atoms with Crippen molar-refractivity contribution >= 4 is 11.6 Å². The SMILES string of the molecule is C=C1C=CC=C/C1=N/C(=C)N1CCN(C(=O)C(C)C)CC1. The van der Waals surface area contributed by atoms with Crippen molar-refractivity contribution in [1.82, 2.24) is 9.80 Å². The average Bonchev–Trinajstić information content (AvgIpc) is 2.49. The number of carbonyl (C=O) groups is 1. The van der Waals surface area contributed by atoms with Crippen LogP contribution in [0.3, 0.4) is 0 Å². The van der Waals surface area contributed by atoms with Gasteiger partial charge in [0.15, 0.2) is 0 Å². The zero-order valence-electron chi connectivity index (χ0n) is 12.9. The highest BCUT2D eigenvalue weighted by molar-refractivity contribution is 6.11. The molecule has 4 heteroatoms. The molecule has 0 aromatic rings. The summed E-state index contributed by atoms with van der Waals surface area (Å²) in [4.78, 5) is 20.6.